The normalized spacial score (nSPS) is 12.6. The van der Waals surface area contributed by atoms with Gasteiger partial charge in [-0.2, -0.15) is 5.10 Å². The van der Waals surface area contributed by atoms with Crippen molar-refractivity contribution in [2.24, 2.45) is 12.8 Å². The van der Waals surface area contributed by atoms with Gasteiger partial charge in [-0.05, 0) is 31.4 Å². The number of benzene rings is 1. The van der Waals surface area contributed by atoms with Crippen LogP contribution in [0.3, 0.4) is 0 Å². The van der Waals surface area contributed by atoms with Gasteiger partial charge in [0.1, 0.15) is 0 Å². The lowest BCUT2D eigenvalue weighted by Crippen LogP contribution is -2.12. The van der Waals surface area contributed by atoms with Gasteiger partial charge in [0.15, 0.2) is 0 Å². The molecule has 3 heteroatoms. The Hall–Kier alpha value is -1.61. The first-order valence-electron chi connectivity index (χ1n) is 5.96. The van der Waals surface area contributed by atoms with Crippen molar-refractivity contribution in [1.29, 1.82) is 0 Å². The zero-order valence-corrected chi connectivity index (χ0v) is 10.4. The molecule has 3 nitrogen and oxygen atoms in total. The third-order valence-electron chi connectivity index (χ3n) is 2.98. The Labute approximate surface area is 102 Å². The second kappa shape index (κ2) is 5.15. The molecule has 2 aromatic rings. The van der Waals surface area contributed by atoms with Gasteiger partial charge in [0, 0.05) is 19.3 Å². The van der Waals surface area contributed by atoms with E-state index in [1.165, 1.54) is 11.1 Å². The molecule has 1 aromatic heterocycles. The Morgan fingerprint density at radius 1 is 1.24 bits per heavy atom. The summed E-state index contributed by atoms with van der Waals surface area (Å²) >= 11 is 0. The molecule has 1 aromatic carbocycles. The molecule has 0 aliphatic heterocycles. The summed E-state index contributed by atoms with van der Waals surface area (Å²) in [6.45, 7) is 2.10. The SMILES string of the molecule is Cc1ccc(CCC(N)c2ccn(C)n2)cc1. The zero-order valence-electron chi connectivity index (χ0n) is 10.4. The lowest BCUT2D eigenvalue weighted by atomic mass is 10.0. The molecule has 0 amide bonds. The first-order valence-corrected chi connectivity index (χ1v) is 5.96. The average Bonchev–Trinajstić information content (AvgIpc) is 2.75. The Morgan fingerprint density at radius 3 is 2.53 bits per heavy atom. The van der Waals surface area contributed by atoms with E-state index in [2.05, 4.69) is 36.3 Å². The van der Waals surface area contributed by atoms with Gasteiger partial charge in [0.05, 0.1) is 5.69 Å². The van der Waals surface area contributed by atoms with Crippen molar-refractivity contribution in [1.82, 2.24) is 9.78 Å². The molecule has 0 saturated heterocycles. The van der Waals surface area contributed by atoms with Crippen LogP contribution < -0.4 is 5.73 Å². The Bertz CT molecular complexity index is 470. The topological polar surface area (TPSA) is 43.8 Å². The van der Waals surface area contributed by atoms with E-state index in [0.717, 1.165) is 18.5 Å². The lowest BCUT2D eigenvalue weighted by Gasteiger charge is -2.08. The summed E-state index contributed by atoms with van der Waals surface area (Å²) in [5, 5.41) is 4.33. The molecule has 1 heterocycles. The van der Waals surface area contributed by atoms with Gasteiger partial charge in [-0.25, -0.2) is 0 Å². The smallest absolute Gasteiger partial charge is 0.0791 e. The third kappa shape index (κ3) is 3.17. The molecule has 1 atom stereocenters. The van der Waals surface area contributed by atoms with Crippen molar-refractivity contribution < 1.29 is 0 Å². The van der Waals surface area contributed by atoms with Crippen LogP contribution in [-0.2, 0) is 13.5 Å². The van der Waals surface area contributed by atoms with E-state index in [1.807, 2.05) is 19.3 Å². The van der Waals surface area contributed by atoms with Crippen molar-refractivity contribution in [3.05, 3.63) is 53.3 Å². The summed E-state index contributed by atoms with van der Waals surface area (Å²) in [6.07, 6.45) is 3.86. The minimum absolute atomic E-state index is 0.0255. The molecule has 17 heavy (non-hydrogen) atoms. The largest absolute Gasteiger partial charge is 0.323 e. The second-order valence-electron chi connectivity index (χ2n) is 4.55. The van der Waals surface area contributed by atoms with Gasteiger partial charge >= 0.3 is 0 Å². The highest BCUT2D eigenvalue weighted by Crippen LogP contribution is 2.15. The van der Waals surface area contributed by atoms with Crippen molar-refractivity contribution in [2.45, 2.75) is 25.8 Å². The fourth-order valence-electron chi connectivity index (χ4n) is 1.86. The summed E-state index contributed by atoms with van der Waals surface area (Å²) < 4.78 is 1.79. The standard InChI is InChI=1S/C14H19N3/c1-11-3-5-12(6-4-11)7-8-13(15)14-9-10-17(2)16-14/h3-6,9-10,13H,7-8,15H2,1-2H3. The van der Waals surface area contributed by atoms with E-state index in [1.54, 1.807) is 4.68 Å². The van der Waals surface area contributed by atoms with E-state index >= 15 is 0 Å². The van der Waals surface area contributed by atoms with Gasteiger partial charge < -0.3 is 5.73 Å². The van der Waals surface area contributed by atoms with Gasteiger partial charge in [0.2, 0.25) is 0 Å². The van der Waals surface area contributed by atoms with Gasteiger partial charge in [-0.3, -0.25) is 4.68 Å². The molecule has 2 N–H and O–H groups in total. The summed E-state index contributed by atoms with van der Waals surface area (Å²) in [5.41, 5.74) is 9.71. The minimum atomic E-state index is 0.0255. The van der Waals surface area contributed by atoms with Crippen LogP contribution in [0.15, 0.2) is 36.5 Å². The molecule has 0 bridgehead atoms. The number of aromatic nitrogens is 2. The van der Waals surface area contributed by atoms with Crippen molar-refractivity contribution in [3.8, 4) is 0 Å². The Kier molecular flexibility index (Phi) is 3.59. The van der Waals surface area contributed by atoms with Crippen LogP contribution in [0, 0.1) is 6.92 Å². The van der Waals surface area contributed by atoms with Crippen LogP contribution in [0.1, 0.15) is 29.3 Å². The molecule has 0 aliphatic rings. The highest BCUT2D eigenvalue weighted by molar-refractivity contribution is 5.21. The van der Waals surface area contributed by atoms with E-state index in [0.29, 0.717) is 0 Å². The molecular formula is C14H19N3. The fourth-order valence-corrected chi connectivity index (χ4v) is 1.86. The predicted molar refractivity (Wildman–Crippen MR) is 69.6 cm³/mol. The monoisotopic (exact) mass is 229 g/mol. The average molecular weight is 229 g/mol. The number of nitrogens with zero attached hydrogens (tertiary/aromatic N) is 2. The molecule has 0 spiro atoms. The number of rotatable bonds is 4. The van der Waals surface area contributed by atoms with Crippen LogP contribution in [0.4, 0.5) is 0 Å². The summed E-state index contributed by atoms with van der Waals surface area (Å²) in [4.78, 5) is 0. The third-order valence-corrected chi connectivity index (χ3v) is 2.98. The van der Waals surface area contributed by atoms with Crippen LogP contribution in [0.5, 0.6) is 0 Å². The zero-order chi connectivity index (χ0) is 12.3. The Balaban J connectivity index is 1.92. The molecular weight excluding hydrogens is 210 g/mol. The minimum Gasteiger partial charge on any atom is -0.323 e. The number of aryl methyl sites for hydroxylation is 3. The number of hydrogen-bond donors (Lipinski definition) is 1. The highest BCUT2D eigenvalue weighted by atomic mass is 15.3. The maximum atomic E-state index is 6.11. The Morgan fingerprint density at radius 2 is 1.94 bits per heavy atom. The van der Waals surface area contributed by atoms with Crippen LogP contribution >= 0.6 is 0 Å². The molecule has 0 aliphatic carbocycles. The van der Waals surface area contributed by atoms with E-state index < -0.39 is 0 Å². The van der Waals surface area contributed by atoms with E-state index in [-0.39, 0.29) is 6.04 Å². The first kappa shape index (κ1) is 11.9. The summed E-state index contributed by atoms with van der Waals surface area (Å²) in [7, 11) is 1.91. The summed E-state index contributed by atoms with van der Waals surface area (Å²) in [6, 6.07) is 10.6. The molecule has 2 rings (SSSR count). The fraction of sp³-hybridized carbons (Fsp3) is 0.357. The maximum Gasteiger partial charge on any atom is 0.0791 e. The quantitative estimate of drug-likeness (QED) is 0.874. The van der Waals surface area contributed by atoms with E-state index in [9.17, 15) is 0 Å². The first-order chi connectivity index (χ1) is 8.15. The number of hydrogen-bond acceptors (Lipinski definition) is 2. The molecule has 1 unspecified atom stereocenters. The van der Waals surface area contributed by atoms with Crippen molar-refractivity contribution in [3.63, 3.8) is 0 Å². The number of nitrogens with two attached hydrogens (primary N) is 1. The molecule has 0 radical (unpaired) electrons. The lowest BCUT2D eigenvalue weighted by molar-refractivity contribution is 0.613. The van der Waals surface area contributed by atoms with E-state index in [4.69, 9.17) is 5.73 Å². The summed E-state index contributed by atoms with van der Waals surface area (Å²) in [5.74, 6) is 0. The van der Waals surface area contributed by atoms with Gasteiger partial charge in [-0.15, -0.1) is 0 Å². The highest BCUT2D eigenvalue weighted by Gasteiger charge is 2.08. The van der Waals surface area contributed by atoms with Gasteiger partial charge in [0.25, 0.3) is 0 Å². The predicted octanol–water partition coefficient (Wildman–Crippen LogP) is 2.36. The van der Waals surface area contributed by atoms with Crippen LogP contribution in [-0.4, -0.2) is 9.78 Å². The molecule has 90 valence electrons. The van der Waals surface area contributed by atoms with Gasteiger partial charge in [-0.1, -0.05) is 29.8 Å². The van der Waals surface area contributed by atoms with Crippen molar-refractivity contribution in [2.75, 3.05) is 0 Å². The molecule has 0 saturated carbocycles. The van der Waals surface area contributed by atoms with Crippen molar-refractivity contribution >= 4 is 0 Å². The van der Waals surface area contributed by atoms with Crippen LogP contribution in [0.25, 0.3) is 0 Å². The molecule has 0 fully saturated rings. The second-order valence-corrected chi connectivity index (χ2v) is 4.55. The maximum absolute atomic E-state index is 6.11. The van der Waals surface area contributed by atoms with Crippen LogP contribution in [0.2, 0.25) is 0 Å².